The number of hydrogen-bond donors (Lipinski definition) is 1. The maximum atomic E-state index is 13.8. The maximum Gasteiger partial charge on any atom is 0.573 e. The molecule has 1 aromatic heterocycles. The van der Waals surface area contributed by atoms with Gasteiger partial charge in [-0.3, -0.25) is 0 Å². The average Bonchev–Trinajstić information content (AvgIpc) is 3.73. The van der Waals surface area contributed by atoms with Crippen LogP contribution in [0.3, 0.4) is 0 Å². The van der Waals surface area contributed by atoms with E-state index in [-0.39, 0.29) is 64.5 Å². The van der Waals surface area contributed by atoms with Crippen molar-refractivity contribution in [2.45, 2.75) is 94.4 Å². The molecule has 1 heterocycles. The molecule has 2 unspecified atom stereocenters. The highest BCUT2D eigenvalue weighted by atomic mass is 32.2. The number of nitrogens with zero attached hydrogens (tertiary/aromatic N) is 1. The zero-order valence-electron chi connectivity index (χ0n) is 26.1. The van der Waals surface area contributed by atoms with Gasteiger partial charge in [-0.25, -0.2) is 13.1 Å². The van der Waals surface area contributed by atoms with Crippen LogP contribution in [-0.4, -0.2) is 38.2 Å². The maximum absolute atomic E-state index is 13.8. The van der Waals surface area contributed by atoms with E-state index in [2.05, 4.69) is 14.6 Å². The number of halogens is 3. The van der Waals surface area contributed by atoms with Crippen LogP contribution in [0.15, 0.2) is 70.1 Å². The van der Waals surface area contributed by atoms with Crippen LogP contribution in [0.4, 0.5) is 13.2 Å². The van der Waals surface area contributed by atoms with Crippen LogP contribution in [0, 0.1) is 11.8 Å². The second kappa shape index (κ2) is 12.4. The predicted octanol–water partition coefficient (Wildman–Crippen LogP) is 8.11. The van der Waals surface area contributed by atoms with Gasteiger partial charge in [0.15, 0.2) is 0 Å². The first-order valence-corrected chi connectivity index (χ1v) is 17.6. The highest BCUT2D eigenvalue weighted by Gasteiger charge is 2.45. The van der Waals surface area contributed by atoms with Gasteiger partial charge in [0.1, 0.15) is 23.0 Å². The second-order valence-corrected chi connectivity index (χ2v) is 14.8. The molecule has 0 radical (unpaired) electrons. The van der Waals surface area contributed by atoms with Crippen LogP contribution in [0.1, 0.15) is 69.6 Å². The summed E-state index contributed by atoms with van der Waals surface area (Å²) in [5, 5.41) is 5.54. The molecule has 3 aromatic carbocycles. The molecule has 0 amide bonds. The number of hydrogen-bond acceptors (Lipinski definition) is 7. The monoisotopic (exact) mass is 670 g/mol. The first-order chi connectivity index (χ1) is 22.5. The van der Waals surface area contributed by atoms with Gasteiger partial charge < -0.3 is 18.7 Å². The lowest BCUT2D eigenvalue weighted by Crippen LogP contribution is -2.46. The Hall–Kier alpha value is -3.61. The van der Waals surface area contributed by atoms with Gasteiger partial charge in [-0.1, -0.05) is 41.6 Å². The minimum Gasteiger partial charge on any atom is -0.490 e. The van der Waals surface area contributed by atoms with Crippen LogP contribution in [0.2, 0.25) is 0 Å². The lowest BCUT2D eigenvalue weighted by molar-refractivity contribution is -0.274. The van der Waals surface area contributed by atoms with Crippen LogP contribution in [0.25, 0.3) is 22.0 Å². The van der Waals surface area contributed by atoms with E-state index in [4.69, 9.17) is 14.0 Å². The summed E-state index contributed by atoms with van der Waals surface area (Å²) in [6, 6.07) is 16.4. The normalized spacial score (nSPS) is 23.0. The zero-order valence-corrected chi connectivity index (χ0v) is 26.9. The van der Waals surface area contributed by atoms with Crippen LogP contribution in [-0.2, 0) is 21.4 Å². The molecule has 3 aliphatic carbocycles. The average molecular weight is 671 g/mol. The van der Waals surface area contributed by atoms with Gasteiger partial charge in [0, 0.05) is 33.9 Å². The number of rotatable bonds is 11. The van der Waals surface area contributed by atoms with E-state index in [1.54, 1.807) is 24.3 Å². The molecule has 0 aliphatic heterocycles. The molecule has 250 valence electrons. The van der Waals surface area contributed by atoms with Crippen molar-refractivity contribution < 1.29 is 40.3 Å². The number of alkyl halides is 3. The Kier molecular flexibility index (Phi) is 8.46. The summed E-state index contributed by atoms with van der Waals surface area (Å²) >= 11 is 0. The van der Waals surface area contributed by atoms with Crippen molar-refractivity contribution in [2.75, 3.05) is 0 Å². The van der Waals surface area contributed by atoms with E-state index in [0.29, 0.717) is 35.3 Å². The van der Waals surface area contributed by atoms with E-state index in [1.165, 1.54) is 18.2 Å². The minimum atomic E-state index is -4.85. The van der Waals surface area contributed by atoms with Gasteiger partial charge in [0.2, 0.25) is 10.0 Å². The number of aromatic nitrogens is 1. The molecule has 2 bridgehead atoms. The summed E-state index contributed by atoms with van der Waals surface area (Å²) in [6.07, 6.45) is -0.117. The predicted molar refractivity (Wildman–Crippen MR) is 168 cm³/mol. The summed E-state index contributed by atoms with van der Waals surface area (Å²) in [5.41, 5.74) is 1.11. The Balaban J connectivity index is 1.07. The van der Waals surface area contributed by atoms with Crippen molar-refractivity contribution >= 4 is 20.8 Å². The van der Waals surface area contributed by atoms with Gasteiger partial charge in [0.25, 0.3) is 0 Å². The number of sulfonamides is 1. The molecule has 0 spiro atoms. The molecular weight excluding hydrogens is 633 g/mol. The lowest BCUT2D eigenvalue weighted by atomic mass is 9.83. The van der Waals surface area contributed by atoms with E-state index in [9.17, 15) is 21.6 Å². The zero-order chi connectivity index (χ0) is 32.9. The molecular formula is C35H37F3N2O6S. The largest absolute Gasteiger partial charge is 0.573 e. The van der Waals surface area contributed by atoms with Gasteiger partial charge in [-0.05, 0) is 88.5 Å². The molecule has 3 saturated carbocycles. The SMILES string of the molecule is CC(C)Oc1ccc(S(=O)(=O)NC2C3CCC2CC(OCc2c(-c4ccccc4OC(F)(F)F)noc2C2CC2)C3)c2ccccc12. The smallest absolute Gasteiger partial charge is 0.490 e. The van der Waals surface area contributed by atoms with Crippen LogP contribution in [0.5, 0.6) is 11.5 Å². The molecule has 8 nitrogen and oxygen atoms in total. The number of para-hydroxylation sites is 1. The van der Waals surface area contributed by atoms with Crippen molar-refractivity contribution in [1.29, 1.82) is 0 Å². The van der Waals surface area contributed by atoms with Gasteiger partial charge in [-0.2, -0.15) is 0 Å². The van der Waals surface area contributed by atoms with Crippen molar-refractivity contribution in [3.05, 3.63) is 72.0 Å². The molecule has 7 rings (SSSR count). The summed E-state index contributed by atoms with van der Waals surface area (Å²) in [4.78, 5) is 0.226. The lowest BCUT2D eigenvalue weighted by Gasteiger charge is -2.35. The van der Waals surface area contributed by atoms with E-state index in [0.717, 1.165) is 31.1 Å². The summed E-state index contributed by atoms with van der Waals surface area (Å²) in [7, 11) is -3.84. The Labute approximate surface area is 271 Å². The standard InChI is InChI=1S/C35H37F3N2O6S/c1-20(2)44-29-15-16-31(26-8-4-3-7-25(26)29)47(41,42)40-32-22-13-14-23(32)18-24(17-22)43-19-28-33(39-46-34(28)21-11-12-21)27-9-5-6-10-30(27)45-35(36,37)38/h3-10,15-16,20-24,32,40H,11-14,17-19H2,1-2H3. The molecule has 47 heavy (non-hydrogen) atoms. The third-order valence-corrected chi connectivity index (χ3v) is 11.0. The van der Waals surface area contributed by atoms with Crippen LogP contribution >= 0.6 is 0 Å². The number of benzene rings is 3. The minimum absolute atomic E-state index is 0.0529. The van der Waals surface area contributed by atoms with Gasteiger partial charge >= 0.3 is 6.36 Å². The molecule has 2 atom stereocenters. The molecule has 4 aromatic rings. The third-order valence-electron chi connectivity index (χ3n) is 9.44. The van der Waals surface area contributed by atoms with Gasteiger partial charge in [-0.15, -0.1) is 13.2 Å². The molecule has 0 saturated heterocycles. The number of ether oxygens (including phenoxy) is 3. The van der Waals surface area contributed by atoms with Crippen molar-refractivity contribution in [2.24, 2.45) is 11.8 Å². The van der Waals surface area contributed by atoms with Crippen molar-refractivity contribution in [3.8, 4) is 22.8 Å². The Morgan fingerprint density at radius 1 is 0.915 bits per heavy atom. The fraction of sp³-hybridized carbons (Fsp3) is 0.457. The molecule has 3 fully saturated rings. The van der Waals surface area contributed by atoms with E-state index in [1.807, 2.05) is 32.0 Å². The van der Waals surface area contributed by atoms with Crippen LogP contribution < -0.4 is 14.2 Å². The fourth-order valence-electron chi connectivity index (χ4n) is 7.30. The summed E-state index contributed by atoms with van der Waals surface area (Å²) < 4.78 is 92.6. The van der Waals surface area contributed by atoms with Gasteiger partial charge in [0.05, 0.1) is 23.7 Å². The quantitative estimate of drug-likeness (QED) is 0.172. The highest BCUT2D eigenvalue weighted by molar-refractivity contribution is 7.89. The number of fused-ring (bicyclic) bond motifs is 3. The Morgan fingerprint density at radius 2 is 1.60 bits per heavy atom. The Morgan fingerprint density at radius 3 is 2.28 bits per heavy atom. The first kappa shape index (κ1) is 32.0. The highest BCUT2D eigenvalue weighted by Crippen LogP contribution is 2.47. The van der Waals surface area contributed by atoms with Crippen molar-refractivity contribution in [3.63, 3.8) is 0 Å². The topological polar surface area (TPSA) is 99.9 Å². The van der Waals surface area contributed by atoms with E-state index >= 15 is 0 Å². The fourth-order valence-corrected chi connectivity index (χ4v) is 8.88. The third kappa shape index (κ3) is 6.73. The molecule has 12 heteroatoms. The second-order valence-electron chi connectivity index (χ2n) is 13.1. The molecule has 1 N–H and O–H groups in total. The Bertz CT molecular complexity index is 1860. The number of nitrogens with one attached hydrogen (secondary N) is 1. The first-order valence-electron chi connectivity index (χ1n) is 16.1. The summed E-state index contributed by atoms with van der Waals surface area (Å²) in [5.74, 6) is 1.28. The van der Waals surface area contributed by atoms with E-state index < -0.39 is 16.4 Å². The molecule has 3 aliphatic rings. The summed E-state index contributed by atoms with van der Waals surface area (Å²) in [6.45, 7) is 3.99. The van der Waals surface area contributed by atoms with Crippen molar-refractivity contribution in [1.82, 2.24) is 9.88 Å².